The molecule has 0 spiro atoms. The van der Waals surface area contributed by atoms with Crippen LogP contribution in [-0.4, -0.2) is 81.8 Å². The molecule has 3 aromatic rings. The van der Waals surface area contributed by atoms with Crippen LogP contribution >= 0.6 is 0 Å². The fraction of sp³-hybridized carbons (Fsp3) is 0.447. The fourth-order valence-corrected chi connectivity index (χ4v) is 6.76. The van der Waals surface area contributed by atoms with Crippen molar-refractivity contribution in [3.63, 3.8) is 0 Å². The van der Waals surface area contributed by atoms with E-state index < -0.39 is 53.2 Å². The Balaban J connectivity index is 1.34. The van der Waals surface area contributed by atoms with Gasteiger partial charge in [0, 0.05) is 35.4 Å². The number of ether oxygens (including phenoxy) is 3. The van der Waals surface area contributed by atoms with Crippen molar-refractivity contribution in [3.8, 4) is 22.8 Å². The van der Waals surface area contributed by atoms with Crippen molar-refractivity contribution >= 4 is 34.8 Å². The van der Waals surface area contributed by atoms with Crippen LogP contribution in [0.15, 0.2) is 66.7 Å². The van der Waals surface area contributed by atoms with E-state index in [9.17, 15) is 24.3 Å². The number of hydrogen-bond donors (Lipinski definition) is 3. The van der Waals surface area contributed by atoms with E-state index in [2.05, 4.69) is 10.6 Å². The molecule has 3 aliphatic rings. The molecule has 0 radical (unpaired) electrons. The molecule has 3 amide bonds. The maximum absolute atomic E-state index is 14.3. The second-order valence-electron chi connectivity index (χ2n) is 14.2. The fourth-order valence-electron chi connectivity index (χ4n) is 6.76. The molecule has 2 fully saturated rings. The number of fused-ring (bicyclic) bond motifs is 3. The molecule has 3 N–H and O–H groups in total. The number of carbonyl (C=O) groups is 4. The predicted molar refractivity (Wildman–Crippen MR) is 186 cm³/mol. The number of hydrogen-bond acceptors (Lipinski definition) is 8. The average Bonchev–Trinajstić information content (AvgIpc) is 3.61. The molecule has 1 saturated heterocycles. The molecule has 3 heterocycles. The molecule has 2 aromatic carbocycles. The molecule has 50 heavy (non-hydrogen) atoms. The third kappa shape index (κ3) is 7.54. The Morgan fingerprint density at radius 3 is 2.58 bits per heavy atom. The van der Waals surface area contributed by atoms with Gasteiger partial charge in [-0.2, -0.15) is 0 Å². The van der Waals surface area contributed by atoms with E-state index in [1.165, 1.54) is 4.90 Å². The highest BCUT2D eigenvalue weighted by Crippen LogP contribution is 2.45. The Hall–Kier alpha value is -5.13. The molecule has 0 bridgehead atoms. The highest BCUT2D eigenvalue weighted by atomic mass is 16.6. The van der Waals surface area contributed by atoms with Crippen LogP contribution in [0.1, 0.15) is 59.3 Å². The summed E-state index contributed by atoms with van der Waals surface area (Å²) in [6, 6.07) is 15.0. The summed E-state index contributed by atoms with van der Waals surface area (Å²) in [5, 5.41) is 16.4. The van der Waals surface area contributed by atoms with E-state index in [0.717, 1.165) is 17.4 Å². The predicted octanol–water partition coefficient (Wildman–Crippen LogP) is 5.24. The molecule has 6 rings (SSSR count). The number of benzene rings is 2. The van der Waals surface area contributed by atoms with Gasteiger partial charge in [0.05, 0.1) is 24.9 Å². The van der Waals surface area contributed by atoms with Gasteiger partial charge in [-0.05, 0) is 58.6 Å². The van der Waals surface area contributed by atoms with Gasteiger partial charge in [-0.1, -0.05) is 48.9 Å². The van der Waals surface area contributed by atoms with Crippen molar-refractivity contribution in [2.45, 2.75) is 88.6 Å². The maximum atomic E-state index is 14.3. The zero-order valence-corrected chi connectivity index (χ0v) is 28.8. The van der Waals surface area contributed by atoms with Crippen molar-refractivity contribution in [2.75, 3.05) is 13.7 Å². The Morgan fingerprint density at radius 1 is 1.08 bits per heavy atom. The lowest BCUT2D eigenvalue weighted by Crippen LogP contribution is -2.56. The normalized spacial score (nSPS) is 26.1. The van der Waals surface area contributed by atoms with E-state index in [-0.39, 0.29) is 25.3 Å². The van der Waals surface area contributed by atoms with Gasteiger partial charge in [0.25, 0.3) is 0 Å². The summed E-state index contributed by atoms with van der Waals surface area (Å²) in [5.41, 5.74) is -0.0295. The summed E-state index contributed by atoms with van der Waals surface area (Å²) in [6.07, 6.45) is 5.13. The molecule has 2 aliphatic heterocycles. The molecule has 12 heteroatoms. The summed E-state index contributed by atoms with van der Waals surface area (Å²) in [7, 11) is 1.58. The summed E-state index contributed by atoms with van der Waals surface area (Å²) in [5.74, 6) is -1.36. The van der Waals surface area contributed by atoms with Gasteiger partial charge in [0.2, 0.25) is 11.8 Å². The highest BCUT2D eigenvalue weighted by Gasteiger charge is 2.61. The van der Waals surface area contributed by atoms with Gasteiger partial charge in [-0.3, -0.25) is 9.59 Å². The number of aromatic nitrogens is 1. The molecule has 264 valence electrons. The molecule has 1 aromatic heterocycles. The van der Waals surface area contributed by atoms with Crippen LogP contribution in [0.5, 0.6) is 11.5 Å². The number of nitrogens with zero attached hydrogens (tertiary/aromatic N) is 2. The van der Waals surface area contributed by atoms with Crippen molar-refractivity contribution in [3.05, 3.63) is 66.7 Å². The number of amides is 3. The minimum Gasteiger partial charge on any atom is -0.497 e. The summed E-state index contributed by atoms with van der Waals surface area (Å²) >= 11 is 0. The Kier molecular flexibility index (Phi) is 9.73. The molecule has 12 nitrogen and oxygen atoms in total. The molecule has 1 unspecified atom stereocenters. The number of rotatable bonds is 6. The lowest BCUT2D eigenvalue weighted by molar-refractivity contribution is -0.145. The number of allylic oxidation sites excluding steroid dienone is 1. The number of pyridine rings is 1. The zero-order chi connectivity index (χ0) is 35.6. The van der Waals surface area contributed by atoms with Crippen molar-refractivity contribution in [1.29, 1.82) is 0 Å². The van der Waals surface area contributed by atoms with Crippen LogP contribution in [-0.2, 0) is 19.1 Å². The first-order valence-electron chi connectivity index (χ1n) is 17.1. The average molecular weight is 685 g/mol. The molecule has 1 saturated carbocycles. The van der Waals surface area contributed by atoms with Gasteiger partial charge in [0.15, 0.2) is 0 Å². The quantitative estimate of drug-likeness (QED) is 0.296. The van der Waals surface area contributed by atoms with E-state index in [4.69, 9.17) is 19.2 Å². The summed E-state index contributed by atoms with van der Waals surface area (Å²) < 4.78 is 17.6. The lowest BCUT2D eigenvalue weighted by Gasteiger charge is -2.30. The van der Waals surface area contributed by atoms with Gasteiger partial charge in [-0.15, -0.1) is 0 Å². The standard InChI is InChI=1S/C38H44N4O8/c1-37(2,3)50-36(47)40-28-15-11-6-5-10-14-24-21-38(24,35(45)46)41-33(43)31-19-26(22-42(31)34(28)44)49-32-20-29(23-12-8-7-9-13-23)39-30-18-25(48-4)16-17-27(30)32/h7-10,12-14,16-18,20,24,26,28,31H,5-6,11,15,19,21-22H2,1-4H3,(H,40,47)(H,41,43)(H,45,46)/b14-10-/t24?,26-,28+,31+,38-/m1/s1. The first-order valence-corrected chi connectivity index (χ1v) is 17.1. The van der Waals surface area contributed by atoms with Crippen molar-refractivity contribution in [2.24, 2.45) is 5.92 Å². The van der Waals surface area contributed by atoms with Gasteiger partial charge >= 0.3 is 12.1 Å². The second-order valence-corrected chi connectivity index (χ2v) is 14.2. The van der Waals surface area contributed by atoms with Gasteiger partial charge < -0.3 is 34.9 Å². The van der Waals surface area contributed by atoms with Crippen LogP contribution in [0.25, 0.3) is 22.2 Å². The number of alkyl carbamates (subject to hydrolysis) is 1. The minimum absolute atomic E-state index is 0.0352. The SMILES string of the molecule is COc1ccc2c(O[C@@H]3C[C@H]4C(=O)N[C@]5(C(=O)O)CC5/C=C\CCCC[C@H](NC(=O)OC(C)(C)C)C(=O)N4C3)cc(-c3ccccc3)nc2c1. The number of carboxylic acid groups (broad SMARTS) is 1. The number of nitrogens with one attached hydrogen (secondary N) is 2. The molecule has 1 aliphatic carbocycles. The number of methoxy groups -OCH3 is 1. The van der Waals surface area contributed by atoms with Crippen molar-refractivity contribution < 1.29 is 38.5 Å². The number of aliphatic carboxylic acids is 1. The molecule has 5 atom stereocenters. The van der Waals surface area contributed by atoms with Crippen LogP contribution in [0.4, 0.5) is 4.79 Å². The summed E-state index contributed by atoms with van der Waals surface area (Å²) in [4.78, 5) is 60.0. The van der Waals surface area contributed by atoms with E-state index in [1.807, 2.05) is 66.7 Å². The Bertz CT molecular complexity index is 1810. The first-order chi connectivity index (χ1) is 23.9. The molecular weight excluding hydrogens is 640 g/mol. The van der Waals surface area contributed by atoms with E-state index in [0.29, 0.717) is 42.0 Å². The third-order valence-corrected chi connectivity index (χ3v) is 9.40. The monoisotopic (exact) mass is 684 g/mol. The van der Waals surface area contributed by atoms with E-state index >= 15 is 0 Å². The smallest absolute Gasteiger partial charge is 0.408 e. The second kappa shape index (κ2) is 14.0. The number of carboxylic acids is 1. The largest absolute Gasteiger partial charge is 0.497 e. The minimum atomic E-state index is -1.44. The third-order valence-electron chi connectivity index (χ3n) is 9.40. The zero-order valence-electron chi connectivity index (χ0n) is 28.8. The van der Waals surface area contributed by atoms with Crippen LogP contribution in [0.3, 0.4) is 0 Å². The van der Waals surface area contributed by atoms with Crippen LogP contribution in [0, 0.1) is 5.92 Å². The van der Waals surface area contributed by atoms with Crippen LogP contribution in [0.2, 0.25) is 0 Å². The Labute approximate surface area is 291 Å². The Morgan fingerprint density at radius 2 is 1.86 bits per heavy atom. The van der Waals surface area contributed by atoms with Gasteiger partial charge in [0.1, 0.15) is 40.8 Å². The highest BCUT2D eigenvalue weighted by molar-refractivity contribution is 5.96. The maximum Gasteiger partial charge on any atom is 0.408 e. The van der Waals surface area contributed by atoms with Crippen molar-refractivity contribution in [1.82, 2.24) is 20.5 Å². The lowest BCUT2D eigenvalue weighted by atomic mass is 10.0. The first kappa shape index (κ1) is 34.7. The molecular formula is C38H44N4O8. The topological polar surface area (TPSA) is 156 Å². The van der Waals surface area contributed by atoms with Crippen LogP contribution < -0.4 is 20.1 Å². The van der Waals surface area contributed by atoms with Gasteiger partial charge in [-0.25, -0.2) is 14.6 Å². The summed E-state index contributed by atoms with van der Waals surface area (Å²) in [6.45, 7) is 5.25. The van der Waals surface area contributed by atoms with E-state index in [1.54, 1.807) is 27.9 Å². The number of carbonyl (C=O) groups excluding carboxylic acids is 3.